The highest BCUT2D eigenvalue weighted by molar-refractivity contribution is 5.33. The molecule has 2 unspecified atom stereocenters. The number of ether oxygens (including phenoxy) is 3. The average Bonchev–Trinajstić information content (AvgIpc) is 2.87. The van der Waals surface area contributed by atoms with Crippen LogP contribution in [0.25, 0.3) is 0 Å². The van der Waals surface area contributed by atoms with Crippen LogP contribution in [-0.4, -0.2) is 32.0 Å². The predicted molar refractivity (Wildman–Crippen MR) is 131 cm³/mol. The zero-order valence-corrected chi connectivity index (χ0v) is 21.2. The Kier molecular flexibility index (Phi) is 9.64. The average molecular weight is 479 g/mol. The van der Waals surface area contributed by atoms with Gasteiger partial charge in [-0.25, -0.2) is 4.39 Å². The highest BCUT2D eigenvalue weighted by Gasteiger charge is 2.34. The molecule has 5 heteroatoms. The van der Waals surface area contributed by atoms with Crippen molar-refractivity contribution in [3.8, 4) is 5.75 Å². The molecule has 1 aliphatic heterocycles. The first kappa shape index (κ1) is 25.9. The van der Waals surface area contributed by atoms with Gasteiger partial charge in [-0.1, -0.05) is 38.7 Å². The van der Waals surface area contributed by atoms with Crippen molar-refractivity contribution in [1.29, 1.82) is 0 Å². The highest BCUT2D eigenvalue weighted by atomic mass is 19.2. The number of hydrogen-bond acceptors (Lipinski definition) is 3. The summed E-state index contributed by atoms with van der Waals surface area (Å²) in [6, 6.07) is 3.21. The number of rotatable bonds is 9. The Morgan fingerprint density at radius 1 is 0.853 bits per heavy atom. The van der Waals surface area contributed by atoms with E-state index in [1.165, 1.54) is 38.5 Å². The van der Waals surface area contributed by atoms with Gasteiger partial charge in [-0.3, -0.25) is 0 Å². The van der Waals surface area contributed by atoms with Crippen LogP contribution in [0.4, 0.5) is 8.78 Å². The quantitative estimate of drug-likeness (QED) is 0.362. The maximum atomic E-state index is 14.6. The van der Waals surface area contributed by atoms with Crippen molar-refractivity contribution in [3.05, 3.63) is 29.3 Å². The lowest BCUT2D eigenvalue weighted by Crippen LogP contribution is -2.35. The maximum Gasteiger partial charge on any atom is 0.200 e. The summed E-state index contributed by atoms with van der Waals surface area (Å²) < 4.78 is 46.6. The molecule has 0 bridgehead atoms. The fourth-order valence-electron chi connectivity index (χ4n) is 6.51. The van der Waals surface area contributed by atoms with E-state index in [9.17, 15) is 8.78 Å². The molecule has 3 aliphatic rings. The number of benzene rings is 1. The van der Waals surface area contributed by atoms with E-state index >= 15 is 0 Å². The molecule has 2 aliphatic carbocycles. The fraction of sp³-hybridized carbons (Fsp3) is 0.793. The molecular weight excluding hydrogens is 434 g/mol. The van der Waals surface area contributed by atoms with E-state index in [1.54, 1.807) is 19.1 Å². The smallest absolute Gasteiger partial charge is 0.200 e. The Balaban J connectivity index is 1.17. The van der Waals surface area contributed by atoms with E-state index in [4.69, 9.17) is 14.2 Å². The minimum absolute atomic E-state index is 0.0125. The molecular formula is C29H44F2O3. The van der Waals surface area contributed by atoms with Crippen LogP contribution in [0.15, 0.2) is 12.1 Å². The zero-order valence-electron chi connectivity index (χ0n) is 21.2. The van der Waals surface area contributed by atoms with E-state index in [-0.39, 0.29) is 17.8 Å². The Labute approximate surface area is 204 Å². The Morgan fingerprint density at radius 2 is 1.59 bits per heavy atom. The first-order valence-corrected chi connectivity index (χ1v) is 13.9. The SMILES string of the molecule is CCCC1CCC(COC2CCC(C3CCC(c4ccc(OCC)c(F)c4F)CO3)CC2)CC1. The third-order valence-corrected chi connectivity index (χ3v) is 8.60. The molecule has 3 fully saturated rings. The third-order valence-electron chi connectivity index (χ3n) is 8.60. The van der Waals surface area contributed by atoms with Crippen LogP contribution in [-0.2, 0) is 9.47 Å². The normalized spacial score (nSPS) is 32.5. The standard InChI is InChI=1S/C29H44F2O3/c1-3-5-20-6-8-21(9-7-20)18-33-24-13-10-22(11-14-24)26-16-12-23(19-34-26)25-15-17-27(32-4-2)29(31)28(25)30/h15,17,20-24,26H,3-14,16,18-19H2,1-2H3. The van der Waals surface area contributed by atoms with Crippen LogP contribution in [0.5, 0.6) is 5.75 Å². The summed E-state index contributed by atoms with van der Waals surface area (Å²) >= 11 is 0. The largest absolute Gasteiger partial charge is 0.491 e. The van der Waals surface area contributed by atoms with E-state index in [0.717, 1.165) is 57.0 Å². The molecule has 4 rings (SSSR count). The van der Waals surface area contributed by atoms with Gasteiger partial charge in [-0.15, -0.1) is 0 Å². The van der Waals surface area contributed by atoms with Gasteiger partial charge in [0.25, 0.3) is 0 Å². The molecule has 0 aromatic heterocycles. The fourth-order valence-corrected chi connectivity index (χ4v) is 6.51. The van der Waals surface area contributed by atoms with Crippen molar-refractivity contribution >= 4 is 0 Å². The number of hydrogen-bond donors (Lipinski definition) is 0. The molecule has 34 heavy (non-hydrogen) atoms. The van der Waals surface area contributed by atoms with Gasteiger partial charge in [0.05, 0.1) is 25.4 Å². The summed E-state index contributed by atoms with van der Waals surface area (Å²) in [4.78, 5) is 0. The van der Waals surface area contributed by atoms with Crippen LogP contribution in [0.3, 0.4) is 0 Å². The summed E-state index contributed by atoms with van der Waals surface area (Å²) in [7, 11) is 0. The van der Waals surface area contributed by atoms with Crippen LogP contribution >= 0.6 is 0 Å². The van der Waals surface area contributed by atoms with Gasteiger partial charge in [0.1, 0.15) is 0 Å². The van der Waals surface area contributed by atoms with Crippen molar-refractivity contribution in [1.82, 2.24) is 0 Å². The first-order valence-electron chi connectivity index (χ1n) is 13.9. The van der Waals surface area contributed by atoms with Gasteiger partial charge in [0.15, 0.2) is 11.6 Å². The number of halogens is 2. The van der Waals surface area contributed by atoms with Gasteiger partial charge in [0, 0.05) is 12.5 Å². The molecule has 2 atom stereocenters. The van der Waals surface area contributed by atoms with E-state index < -0.39 is 11.6 Å². The van der Waals surface area contributed by atoms with E-state index in [0.29, 0.717) is 30.8 Å². The van der Waals surface area contributed by atoms with Crippen molar-refractivity contribution in [2.24, 2.45) is 17.8 Å². The predicted octanol–water partition coefficient (Wildman–Crippen LogP) is 7.81. The zero-order chi connectivity index (χ0) is 23.9. The summed E-state index contributed by atoms with van der Waals surface area (Å²) in [5.74, 6) is 0.513. The first-order chi connectivity index (χ1) is 16.6. The van der Waals surface area contributed by atoms with Crippen molar-refractivity contribution < 1.29 is 23.0 Å². The van der Waals surface area contributed by atoms with Gasteiger partial charge in [0.2, 0.25) is 5.82 Å². The minimum atomic E-state index is -0.881. The second kappa shape index (κ2) is 12.7. The van der Waals surface area contributed by atoms with Crippen LogP contribution < -0.4 is 4.74 Å². The molecule has 1 aromatic rings. The molecule has 192 valence electrons. The topological polar surface area (TPSA) is 27.7 Å². The molecule has 0 radical (unpaired) electrons. The van der Waals surface area contributed by atoms with Crippen LogP contribution in [0.2, 0.25) is 0 Å². The van der Waals surface area contributed by atoms with Crippen molar-refractivity contribution in [2.75, 3.05) is 19.8 Å². The lowest BCUT2D eigenvalue weighted by Gasteiger charge is -2.38. The van der Waals surface area contributed by atoms with E-state index in [1.807, 2.05) is 0 Å². The summed E-state index contributed by atoms with van der Waals surface area (Å²) in [5.41, 5.74) is 0.417. The van der Waals surface area contributed by atoms with Gasteiger partial charge in [-0.05, 0) is 87.7 Å². The van der Waals surface area contributed by atoms with Crippen molar-refractivity contribution in [3.63, 3.8) is 0 Å². The molecule has 1 saturated heterocycles. The third kappa shape index (κ3) is 6.51. The Morgan fingerprint density at radius 3 is 2.24 bits per heavy atom. The maximum absolute atomic E-state index is 14.6. The highest BCUT2D eigenvalue weighted by Crippen LogP contribution is 2.39. The van der Waals surface area contributed by atoms with E-state index in [2.05, 4.69) is 6.92 Å². The van der Waals surface area contributed by atoms with Crippen LogP contribution in [0, 0.1) is 29.4 Å². The molecule has 1 aromatic carbocycles. The minimum Gasteiger partial charge on any atom is -0.491 e. The summed E-state index contributed by atoms with van der Waals surface area (Å²) in [6.07, 6.45) is 15.1. The van der Waals surface area contributed by atoms with Gasteiger partial charge >= 0.3 is 0 Å². The van der Waals surface area contributed by atoms with Gasteiger partial charge < -0.3 is 14.2 Å². The van der Waals surface area contributed by atoms with Crippen LogP contribution in [0.1, 0.15) is 102 Å². The molecule has 0 N–H and O–H groups in total. The molecule has 2 saturated carbocycles. The summed E-state index contributed by atoms with van der Waals surface area (Å²) in [6.45, 7) is 5.79. The molecule has 0 amide bonds. The second-order valence-corrected chi connectivity index (χ2v) is 10.9. The monoisotopic (exact) mass is 478 g/mol. The lowest BCUT2D eigenvalue weighted by atomic mass is 9.79. The lowest BCUT2D eigenvalue weighted by molar-refractivity contribution is -0.0636. The Hall–Kier alpha value is -1.20. The molecule has 3 nitrogen and oxygen atoms in total. The van der Waals surface area contributed by atoms with Crippen molar-refractivity contribution in [2.45, 2.75) is 109 Å². The Bertz CT molecular complexity index is 746. The molecule has 1 heterocycles. The summed E-state index contributed by atoms with van der Waals surface area (Å²) in [5, 5.41) is 0. The second-order valence-electron chi connectivity index (χ2n) is 10.9. The molecule has 0 spiro atoms. The van der Waals surface area contributed by atoms with Gasteiger partial charge in [-0.2, -0.15) is 4.39 Å².